The van der Waals surface area contributed by atoms with E-state index in [9.17, 15) is 17.6 Å². The third-order valence-corrected chi connectivity index (χ3v) is 8.74. The van der Waals surface area contributed by atoms with Gasteiger partial charge in [0, 0.05) is 42.5 Å². The molecule has 0 aromatic heterocycles. The van der Waals surface area contributed by atoms with Gasteiger partial charge in [-0.05, 0) is 72.3 Å². The Balaban J connectivity index is 1.36. The van der Waals surface area contributed by atoms with Crippen molar-refractivity contribution in [1.82, 2.24) is 4.90 Å². The first-order valence-corrected chi connectivity index (χ1v) is 14.4. The van der Waals surface area contributed by atoms with Gasteiger partial charge in [-0.25, -0.2) is 12.8 Å². The number of para-hydroxylation sites is 1. The van der Waals surface area contributed by atoms with E-state index in [1.54, 1.807) is 48.5 Å². The minimum Gasteiger partial charge on any atom is -0.368 e. The fourth-order valence-corrected chi connectivity index (χ4v) is 6.20. The summed E-state index contributed by atoms with van der Waals surface area (Å²) in [6, 6.07) is 28.4. The second kappa shape index (κ2) is 11.5. The zero-order valence-electron chi connectivity index (χ0n) is 21.1. The highest BCUT2D eigenvalue weighted by molar-refractivity contribution is 7.92. The monoisotopic (exact) mass is 563 g/mol. The molecule has 0 unspecified atom stereocenters. The number of hydrogen-bond donors (Lipinski definition) is 0. The molecule has 1 aliphatic rings. The van der Waals surface area contributed by atoms with E-state index in [0.717, 1.165) is 24.8 Å². The number of carbonyl (C=O) groups is 1. The number of piperazine rings is 1. The van der Waals surface area contributed by atoms with Crippen LogP contribution in [0.3, 0.4) is 0 Å². The van der Waals surface area contributed by atoms with Gasteiger partial charge >= 0.3 is 0 Å². The van der Waals surface area contributed by atoms with Crippen molar-refractivity contribution in [3.8, 4) is 0 Å². The summed E-state index contributed by atoms with van der Waals surface area (Å²) in [6.45, 7) is 2.65. The molecule has 0 radical (unpaired) electrons. The predicted molar refractivity (Wildman–Crippen MR) is 152 cm³/mol. The first kappa shape index (κ1) is 26.7. The zero-order chi connectivity index (χ0) is 27.4. The molecule has 4 aromatic carbocycles. The van der Waals surface area contributed by atoms with E-state index < -0.39 is 15.8 Å². The summed E-state index contributed by atoms with van der Waals surface area (Å²) in [7, 11) is -4.11. The van der Waals surface area contributed by atoms with Crippen molar-refractivity contribution in [2.75, 3.05) is 35.4 Å². The Morgan fingerprint density at radius 3 is 2.13 bits per heavy atom. The summed E-state index contributed by atoms with van der Waals surface area (Å²) in [5.74, 6) is -0.748. The minimum atomic E-state index is -4.11. The van der Waals surface area contributed by atoms with Crippen molar-refractivity contribution in [3.05, 3.63) is 125 Å². The Bertz CT molecular complexity index is 1540. The van der Waals surface area contributed by atoms with E-state index >= 15 is 0 Å². The molecule has 5 rings (SSSR count). The molecule has 0 spiro atoms. The predicted octanol–water partition coefficient (Wildman–Crippen LogP) is 5.84. The highest BCUT2D eigenvalue weighted by Crippen LogP contribution is 2.28. The molecular formula is C30H27ClFN3O3S. The summed E-state index contributed by atoms with van der Waals surface area (Å²) in [4.78, 5) is 17.1. The number of carbonyl (C=O) groups excluding carboxylic acids is 1. The summed E-state index contributed by atoms with van der Waals surface area (Å²) in [5, 5.41) is 0.533. The molecule has 9 heteroatoms. The molecule has 1 heterocycles. The maximum absolute atomic E-state index is 13.9. The molecule has 200 valence electrons. The molecule has 0 bridgehead atoms. The highest BCUT2D eigenvalue weighted by atomic mass is 35.5. The third-order valence-electron chi connectivity index (χ3n) is 6.71. The van der Waals surface area contributed by atoms with E-state index in [2.05, 4.69) is 17.0 Å². The molecule has 0 saturated carbocycles. The first-order valence-electron chi connectivity index (χ1n) is 12.5. The van der Waals surface area contributed by atoms with Gasteiger partial charge in [0.1, 0.15) is 5.82 Å². The maximum atomic E-state index is 13.9. The van der Waals surface area contributed by atoms with Crippen molar-refractivity contribution in [1.29, 1.82) is 0 Å². The SMILES string of the molecule is O=C(c1ccc(N(Cc2ccc(Cl)cc2)S(=O)(=O)c2cccc(F)c2)cc1)N1CCN(c2ccccc2)CC1. The van der Waals surface area contributed by atoms with E-state index in [1.165, 1.54) is 22.5 Å². The van der Waals surface area contributed by atoms with Crippen molar-refractivity contribution in [2.24, 2.45) is 0 Å². The molecular weight excluding hydrogens is 537 g/mol. The lowest BCUT2D eigenvalue weighted by atomic mass is 10.1. The molecule has 4 aromatic rings. The molecule has 1 aliphatic heterocycles. The number of nitrogens with zero attached hydrogens (tertiary/aromatic N) is 3. The number of anilines is 2. The summed E-state index contributed by atoms with van der Waals surface area (Å²) in [5.41, 5.74) is 2.67. The molecule has 1 saturated heterocycles. The van der Waals surface area contributed by atoms with Gasteiger partial charge in [-0.3, -0.25) is 9.10 Å². The molecule has 0 N–H and O–H groups in total. The van der Waals surface area contributed by atoms with Crippen LogP contribution in [0.5, 0.6) is 0 Å². The zero-order valence-corrected chi connectivity index (χ0v) is 22.7. The lowest BCUT2D eigenvalue weighted by molar-refractivity contribution is 0.0747. The largest absolute Gasteiger partial charge is 0.368 e. The maximum Gasteiger partial charge on any atom is 0.264 e. The summed E-state index contributed by atoms with van der Waals surface area (Å²) >= 11 is 6.01. The van der Waals surface area contributed by atoms with Gasteiger partial charge in [-0.2, -0.15) is 0 Å². The van der Waals surface area contributed by atoms with Gasteiger partial charge in [0.05, 0.1) is 17.1 Å². The lowest BCUT2D eigenvalue weighted by Gasteiger charge is -2.36. The number of rotatable bonds is 7. The number of benzene rings is 4. The van der Waals surface area contributed by atoms with Crippen LogP contribution in [0.15, 0.2) is 108 Å². The number of hydrogen-bond acceptors (Lipinski definition) is 4. The van der Waals surface area contributed by atoms with Crippen LogP contribution in [0.25, 0.3) is 0 Å². The van der Waals surface area contributed by atoms with Gasteiger partial charge in [0.25, 0.3) is 15.9 Å². The first-order chi connectivity index (χ1) is 18.8. The van der Waals surface area contributed by atoms with Crippen LogP contribution in [0.2, 0.25) is 5.02 Å². The standard InChI is InChI=1S/C30H27ClFN3O3S/c31-25-13-9-23(10-14-25)22-35(39(37,38)29-8-4-5-26(32)21-29)28-15-11-24(12-16-28)30(36)34-19-17-33(18-20-34)27-6-2-1-3-7-27/h1-16,21H,17-20,22H2. The van der Waals surface area contributed by atoms with Gasteiger partial charge in [0.15, 0.2) is 0 Å². The smallest absolute Gasteiger partial charge is 0.264 e. The lowest BCUT2D eigenvalue weighted by Crippen LogP contribution is -2.48. The molecule has 0 aliphatic carbocycles. The van der Waals surface area contributed by atoms with Gasteiger partial charge in [0.2, 0.25) is 0 Å². The topological polar surface area (TPSA) is 60.9 Å². The molecule has 6 nitrogen and oxygen atoms in total. The van der Waals surface area contributed by atoms with Crippen LogP contribution in [-0.2, 0) is 16.6 Å². The Labute approximate surface area is 232 Å². The average molecular weight is 564 g/mol. The normalized spacial score (nSPS) is 13.8. The molecule has 1 amide bonds. The Morgan fingerprint density at radius 1 is 0.821 bits per heavy atom. The second-order valence-corrected chi connectivity index (χ2v) is 11.6. The van der Waals surface area contributed by atoms with Gasteiger partial charge in [-0.1, -0.05) is 48.0 Å². The van der Waals surface area contributed by atoms with Crippen LogP contribution >= 0.6 is 11.6 Å². The highest BCUT2D eigenvalue weighted by Gasteiger charge is 2.27. The fraction of sp³-hybridized carbons (Fsp3) is 0.167. The van der Waals surface area contributed by atoms with Crippen molar-refractivity contribution < 1.29 is 17.6 Å². The Morgan fingerprint density at radius 2 is 1.49 bits per heavy atom. The second-order valence-electron chi connectivity index (χ2n) is 9.26. The fourth-order valence-electron chi connectivity index (χ4n) is 4.58. The van der Waals surface area contributed by atoms with Crippen LogP contribution in [0.1, 0.15) is 15.9 Å². The number of sulfonamides is 1. The number of halogens is 2. The van der Waals surface area contributed by atoms with E-state index in [4.69, 9.17) is 11.6 Å². The molecule has 0 atom stereocenters. The summed E-state index contributed by atoms with van der Waals surface area (Å²) in [6.07, 6.45) is 0. The van der Waals surface area contributed by atoms with Crippen LogP contribution < -0.4 is 9.21 Å². The van der Waals surface area contributed by atoms with E-state index in [1.807, 2.05) is 23.1 Å². The Kier molecular flexibility index (Phi) is 7.86. The average Bonchev–Trinajstić information content (AvgIpc) is 2.97. The quantitative estimate of drug-likeness (QED) is 0.283. The van der Waals surface area contributed by atoms with Crippen LogP contribution in [0.4, 0.5) is 15.8 Å². The molecule has 39 heavy (non-hydrogen) atoms. The Hall–Kier alpha value is -3.88. The third kappa shape index (κ3) is 6.08. The van der Waals surface area contributed by atoms with E-state index in [-0.39, 0.29) is 17.3 Å². The van der Waals surface area contributed by atoms with Gasteiger partial charge < -0.3 is 9.80 Å². The van der Waals surface area contributed by atoms with Crippen molar-refractivity contribution in [3.63, 3.8) is 0 Å². The number of amides is 1. The van der Waals surface area contributed by atoms with Crippen molar-refractivity contribution in [2.45, 2.75) is 11.4 Å². The van der Waals surface area contributed by atoms with Crippen molar-refractivity contribution >= 4 is 38.9 Å². The van der Waals surface area contributed by atoms with E-state index in [0.29, 0.717) is 34.9 Å². The summed E-state index contributed by atoms with van der Waals surface area (Å²) < 4.78 is 42.4. The van der Waals surface area contributed by atoms with Crippen LogP contribution in [-0.4, -0.2) is 45.4 Å². The van der Waals surface area contributed by atoms with Gasteiger partial charge in [-0.15, -0.1) is 0 Å². The van der Waals surface area contributed by atoms with Crippen LogP contribution in [0, 0.1) is 5.82 Å². The minimum absolute atomic E-state index is 0.00472. The molecule has 1 fully saturated rings.